The Kier molecular flexibility index (Phi) is 6.91. The molecule has 2 rings (SSSR count). The van der Waals surface area contributed by atoms with Crippen LogP contribution in [0.15, 0.2) is 23.2 Å². The fourth-order valence-electron chi connectivity index (χ4n) is 2.87. The Morgan fingerprint density at radius 2 is 1.88 bits per heavy atom. The van der Waals surface area contributed by atoms with Crippen molar-refractivity contribution in [1.82, 2.24) is 15.1 Å². The molecule has 0 atom stereocenters. The van der Waals surface area contributed by atoms with E-state index in [4.69, 9.17) is 9.47 Å². The number of nitrogens with zero attached hydrogens (tertiary/aromatic N) is 3. The maximum Gasteiger partial charge on any atom is 0.409 e. The van der Waals surface area contributed by atoms with Crippen molar-refractivity contribution in [3.63, 3.8) is 0 Å². The van der Waals surface area contributed by atoms with Gasteiger partial charge in [-0.05, 0) is 37.1 Å². The van der Waals surface area contributed by atoms with Crippen LogP contribution in [0.1, 0.15) is 18.1 Å². The largest absolute Gasteiger partial charge is 0.497 e. The number of carbonyl (C=O) groups excluding carboxylic acids is 1. The van der Waals surface area contributed by atoms with Crippen molar-refractivity contribution in [1.29, 1.82) is 0 Å². The molecule has 138 valence electrons. The molecule has 1 N–H and O–H groups in total. The summed E-state index contributed by atoms with van der Waals surface area (Å²) in [4.78, 5) is 20.0. The normalized spacial score (nSPS) is 15.1. The van der Waals surface area contributed by atoms with Crippen molar-refractivity contribution >= 4 is 12.1 Å². The molecule has 0 saturated carbocycles. The van der Waals surface area contributed by atoms with Crippen LogP contribution >= 0.6 is 0 Å². The highest BCUT2D eigenvalue weighted by molar-refractivity contribution is 5.80. The van der Waals surface area contributed by atoms with E-state index in [1.54, 1.807) is 19.1 Å². The van der Waals surface area contributed by atoms with Crippen LogP contribution in [0, 0.1) is 6.92 Å². The second kappa shape index (κ2) is 9.15. The van der Waals surface area contributed by atoms with E-state index in [9.17, 15) is 4.79 Å². The van der Waals surface area contributed by atoms with Crippen LogP contribution in [0.25, 0.3) is 0 Å². The lowest BCUT2D eigenvalue weighted by Gasteiger charge is -2.35. The Balaban J connectivity index is 1.89. The summed E-state index contributed by atoms with van der Waals surface area (Å²) in [5.74, 6) is 1.69. The number of methoxy groups -OCH3 is 1. The van der Waals surface area contributed by atoms with Crippen LogP contribution in [0.2, 0.25) is 0 Å². The smallest absolute Gasteiger partial charge is 0.409 e. The van der Waals surface area contributed by atoms with Gasteiger partial charge >= 0.3 is 6.09 Å². The van der Waals surface area contributed by atoms with Crippen molar-refractivity contribution in [3.8, 4) is 5.75 Å². The van der Waals surface area contributed by atoms with Gasteiger partial charge in [0, 0.05) is 39.8 Å². The van der Waals surface area contributed by atoms with Gasteiger partial charge in [0.15, 0.2) is 5.96 Å². The van der Waals surface area contributed by atoms with Gasteiger partial charge in [0.2, 0.25) is 0 Å². The van der Waals surface area contributed by atoms with E-state index in [1.807, 2.05) is 19.1 Å². The van der Waals surface area contributed by atoms with Crippen LogP contribution in [-0.2, 0) is 11.3 Å². The van der Waals surface area contributed by atoms with Crippen LogP contribution in [0.3, 0.4) is 0 Å². The zero-order valence-electron chi connectivity index (χ0n) is 15.5. The molecule has 0 radical (unpaired) electrons. The van der Waals surface area contributed by atoms with Gasteiger partial charge in [-0.25, -0.2) is 4.79 Å². The average Bonchev–Trinajstić information content (AvgIpc) is 2.62. The Hall–Kier alpha value is -2.44. The third-order valence-corrected chi connectivity index (χ3v) is 4.11. The van der Waals surface area contributed by atoms with Crippen molar-refractivity contribution in [2.45, 2.75) is 20.4 Å². The molecule has 0 aromatic heterocycles. The Bertz CT molecular complexity index is 610. The predicted molar refractivity (Wildman–Crippen MR) is 98.1 cm³/mol. The standard InChI is InChI=1S/C18H28N4O3/c1-5-25-18(23)22-8-6-21(7-9-22)17(19-3)20-13-15-10-14(2)11-16(12-15)24-4/h10-12H,5-9,13H2,1-4H3,(H,19,20). The number of amides is 1. The van der Waals surface area contributed by atoms with Gasteiger partial charge in [-0.3, -0.25) is 4.99 Å². The van der Waals surface area contributed by atoms with Gasteiger partial charge < -0.3 is 24.6 Å². The van der Waals surface area contributed by atoms with Gasteiger partial charge in [-0.15, -0.1) is 0 Å². The molecule has 0 bridgehead atoms. The molecular formula is C18H28N4O3. The summed E-state index contributed by atoms with van der Waals surface area (Å²) < 4.78 is 10.4. The quantitative estimate of drug-likeness (QED) is 0.664. The molecule has 0 spiro atoms. The van der Waals surface area contributed by atoms with Gasteiger partial charge in [0.05, 0.1) is 13.7 Å². The molecule has 1 saturated heterocycles. The van der Waals surface area contributed by atoms with Crippen molar-refractivity contribution < 1.29 is 14.3 Å². The maximum atomic E-state index is 11.8. The van der Waals surface area contributed by atoms with Gasteiger partial charge in [0.1, 0.15) is 5.75 Å². The van der Waals surface area contributed by atoms with Crippen LogP contribution in [-0.4, -0.2) is 68.8 Å². The number of hydrogen-bond acceptors (Lipinski definition) is 4. The molecule has 1 heterocycles. The predicted octanol–water partition coefficient (Wildman–Crippen LogP) is 1.85. The second-order valence-electron chi connectivity index (χ2n) is 5.93. The maximum absolute atomic E-state index is 11.8. The lowest BCUT2D eigenvalue weighted by molar-refractivity contribution is 0.0914. The number of rotatable bonds is 4. The number of aliphatic imine (C=N–C) groups is 1. The van der Waals surface area contributed by atoms with E-state index < -0.39 is 0 Å². The Labute approximate surface area is 149 Å². The molecule has 0 aliphatic carbocycles. The van der Waals surface area contributed by atoms with Crippen molar-refractivity contribution in [2.75, 3.05) is 46.9 Å². The topological polar surface area (TPSA) is 66.4 Å². The average molecular weight is 348 g/mol. The van der Waals surface area contributed by atoms with E-state index in [0.29, 0.717) is 26.2 Å². The van der Waals surface area contributed by atoms with E-state index >= 15 is 0 Å². The highest BCUT2D eigenvalue weighted by atomic mass is 16.6. The summed E-state index contributed by atoms with van der Waals surface area (Å²) in [7, 11) is 3.45. The minimum Gasteiger partial charge on any atom is -0.497 e. The van der Waals surface area contributed by atoms with Gasteiger partial charge in [-0.2, -0.15) is 0 Å². The summed E-state index contributed by atoms with van der Waals surface area (Å²) in [6.45, 7) is 7.68. The molecule has 7 nitrogen and oxygen atoms in total. The summed E-state index contributed by atoms with van der Waals surface area (Å²) in [6, 6.07) is 6.15. The van der Waals surface area contributed by atoms with Crippen molar-refractivity contribution in [2.24, 2.45) is 4.99 Å². The number of nitrogens with one attached hydrogen (secondary N) is 1. The SMILES string of the molecule is CCOC(=O)N1CCN(C(=NC)NCc2cc(C)cc(OC)c2)CC1. The molecule has 7 heteroatoms. The zero-order valence-corrected chi connectivity index (χ0v) is 15.5. The fraction of sp³-hybridized carbons (Fsp3) is 0.556. The molecule has 1 aliphatic rings. The number of piperazine rings is 1. The lowest BCUT2D eigenvalue weighted by Crippen LogP contribution is -2.53. The number of hydrogen-bond donors (Lipinski definition) is 1. The summed E-state index contributed by atoms with van der Waals surface area (Å²) in [5, 5.41) is 3.39. The number of benzene rings is 1. The molecule has 25 heavy (non-hydrogen) atoms. The van der Waals surface area contributed by atoms with Crippen molar-refractivity contribution in [3.05, 3.63) is 29.3 Å². The number of carbonyl (C=O) groups is 1. The molecule has 1 aliphatic heterocycles. The van der Waals surface area contributed by atoms with Crippen LogP contribution in [0.5, 0.6) is 5.75 Å². The first-order valence-electron chi connectivity index (χ1n) is 8.59. The third kappa shape index (κ3) is 5.27. The third-order valence-electron chi connectivity index (χ3n) is 4.11. The van der Waals surface area contributed by atoms with Crippen LogP contribution < -0.4 is 10.1 Å². The molecule has 1 fully saturated rings. The summed E-state index contributed by atoms with van der Waals surface area (Å²) in [5.41, 5.74) is 2.30. The monoisotopic (exact) mass is 348 g/mol. The molecule has 0 unspecified atom stereocenters. The summed E-state index contributed by atoms with van der Waals surface area (Å²) >= 11 is 0. The van der Waals surface area contributed by atoms with Crippen LogP contribution in [0.4, 0.5) is 4.79 Å². The molecule has 1 aromatic rings. The zero-order chi connectivity index (χ0) is 18.2. The Morgan fingerprint density at radius 3 is 2.48 bits per heavy atom. The van der Waals surface area contributed by atoms with E-state index in [2.05, 4.69) is 28.2 Å². The molecular weight excluding hydrogens is 320 g/mol. The first-order valence-corrected chi connectivity index (χ1v) is 8.59. The Morgan fingerprint density at radius 1 is 1.20 bits per heavy atom. The first-order chi connectivity index (χ1) is 12.1. The van der Waals surface area contributed by atoms with E-state index in [1.165, 1.54) is 0 Å². The number of ether oxygens (including phenoxy) is 2. The number of aryl methyl sites for hydroxylation is 1. The molecule has 1 amide bonds. The minimum absolute atomic E-state index is 0.239. The highest BCUT2D eigenvalue weighted by Gasteiger charge is 2.23. The fourth-order valence-corrected chi connectivity index (χ4v) is 2.87. The highest BCUT2D eigenvalue weighted by Crippen LogP contribution is 2.16. The van der Waals surface area contributed by atoms with Gasteiger partial charge in [0.25, 0.3) is 0 Å². The number of guanidine groups is 1. The second-order valence-corrected chi connectivity index (χ2v) is 5.93. The summed E-state index contributed by atoms with van der Waals surface area (Å²) in [6.07, 6.45) is -0.239. The first kappa shape index (κ1) is 18.9. The lowest BCUT2D eigenvalue weighted by atomic mass is 10.1. The van der Waals surface area contributed by atoms with Gasteiger partial charge in [-0.1, -0.05) is 6.07 Å². The minimum atomic E-state index is -0.239. The van der Waals surface area contributed by atoms with E-state index in [0.717, 1.165) is 35.9 Å². The molecule has 1 aromatic carbocycles. The van der Waals surface area contributed by atoms with E-state index in [-0.39, 0.29) is 6.09 Å².